The number of halogens is 2. The molecule has 6 nitrogen and oxygen atoms in total. The van der Waals surface area contributed by atoms with E-state index in [1.165, 1.54) is 0 Å². The molecule has 3 aromatic rings. The van der Waals surface area contributed by atoms with E-state index in [9.17, 15) is 4.79 Å². The predicted molar refractivity (Wildman–Crippen MR) is 102 cm³/mol. The summed E-state index contributed by atoms with van der Waals surface area (Å²) in [5.41, 5.74) is 1.69. The number of amides is 2. The van der Waals surface area contributed by atoms with Gasteiger partial charge in [-0.2, -0.15) is 0 Å². The summed E-state index contributed by atoms with van der Waals surface area (Å²) >= 11 is 12.2. The summed E-state index contributed by atoms with van der Waals surface area (Å²) in [5.74, 6) is 0.769. The number of hydrogen-bond donors (Lipinski definition) is 1. The highest BCUT2D eigenvalue weighted by Crippen LogP contribution is 2.26. The van der Waals surface area contributed by atoms with Gasteiger partial charge in [0.05, 0.1) is 10.0 Å². The molecule has 0 saturated heterocycles. The minimum Gasteiger partial charge on any atom is -0.334 e. The van der Waals surface area contributed by atoms with Gasteiger partial charge in [-0.05, 0) is 23.3 Å². The van der Waals surface area contributed by atoms with E-state index in [1.54, 1.807) is 36.7 Å². The Kier molecular flexibility index (Phi) is 5.75. The van der Waals surface area contributed by atoms with Crippen LogP contribution in [-0.2, 0) is 13.1 Å². The SMILES string of the molecule is CN(Cc1cccc(Cl)c1Cl)C(=O)NCc1ccc(-n2ccnc2)nc1. The normalized spacial score (nSPS) is 10.6. The van der Waals surface area contributed by atoms with Crippen LogP contribution in [-0.4, -0.2) is 32.5 Å². The minimum atomic E-state index is -0.209. The van der Waals surface area contributed by atoms with Crippen LogP contribution in [0.5, 0.6) is 0 Å². The van der Waals surface area contributed by atoms with Crippen LogP contribution >= 0.6 is 23.2 Å². The lowest BCUT2D eigenvalue weighted by Crippen LogP contribution is -2.36. The number of pyridine rings is 1. The van der Waals surface area contributed by atoms with E-state index >= 15 is 0 Å². The molecule has 0 aliphatic carbocycles. The lowest BCUT2D eigenvalue weighted by atomic mass is 10.2. The van der Waals surface area contributed by atoms with Crippen molar-refractivity contribution in [1.82, 2.24) is 24.8 Å². The number of rotatable bonds is 5. The van der Waals surface area contributed by atoms with Crippen molar-refractivity contribution in [2.45, 2.75) is 13.1 Å². The first-order valence-corrected chi connectivity index (χ1v) is 8.65. The molecular formula is C18H17Cl2N5O. The number of aromatic nitrogens is 3. The summed E-state index contributed by atoms with van der Waals surface area (Å²) in [6.45, 7) is 0.743. The van der Waals surface area contributed by atoms with E-state index < -0.39 is 0 Å². The Morgan fingerprint density at radius 3 is 2.81 bits per heavy atom. The van der Waals surface area contributed by atoms with Gasteiger partial charge in [0, 0.05) is 38.7 Å². The molecule has 1 aromatic carbocycles. The monoisotopic (exact) mass is 389 g/mol. The molecule has 0 fully saturated rings. The molecule has 26 heavy (non-hydrogen) atoms. The lowest BCUT2D eigenvalue weighted by molar-refractivity contribution is 0.206. The van der Waals surface area contributed by atoms with Gasteiger partial charge in [0.2, 0.25) is 0 Å². The first-order chi connectivity index (χ1) is 12.5. The molecule has 3 rings (SSSR count). The van der Waals surface area contributed by atoms with Crippen molar-refractivity contribution in [1.29, 1.82) is 0 Å². The second-order valence-electron chi connectivity index (χ2n) is 5.72. The average molecular weight is 390 g/mol. The van der Waals surface area contributed by atoms with Crippen LogP contribution in [0.15, 0.2) is 55.2 Å². The zero-order valence-electron chi connectivity index (χ0n) is 14.1. The van der Waals surface area contributed by atoms with Crippen molar-refractivity contribution in [3.8, 4) is 5.82 Å². The largest absolute Gasteiger partial charge is 0.334 e. The number of carbonyl (C=O) groups excluding carboxylic acids is 1. The lowest BCUT2D eigenvalue weighted by Gasteiger charge is -2.19. The van der Waals surface area contributed by atoms with E-state index in [1.807, 2.05) is 35.0 Å². The van der Waals surface area contributed by atoms with Gasteiger partial charge in [0.1, 0.15) is 12.1 Å². The highest BCUT2D eigenvalue weighted by Gasteiger charge is 2.12. The molecule has 0 atom stereocenters. The number of benzene rings is 1. The van der Waals surface area contributed by atoms with Gasteiger partial charge in [-0.15, -0.1) is 0 Å². The van der Waals surface area contributed by atoms with Crippen molar-refractivity contribution in [2.24, 2.45) is 0 Å². The Morgan fingerprint density at radius 2 is 2.12 bits per heavy atom. The fourth-order valence-electron chi connectivity index (χ4n) is 2.38. The molecule has 1 N–H and O–H groups in total. The third-order valence-electron chi connectivity index (χ3n) is 3.81. The van der Waals surface area contributed by atoms with Gasteiger partial charge in [-0.3, -0.25) is 4.57 Å². The summed E-state index contributed by atoms with van der Waals surface area (Å²) in [4.78, 5) is 22.2. The summed E-state index contributed by atoms with van der Waals surface area (Å²) < 4.78 is 1.81. The van der Waals surface area contributed by atoms with Crippen LogP contribution < -0.4 is 5.32 Å². The molecule has 0 radical (unpaired) electrons. The first-order valence-electron chi connectivity index (χ1n) is 7.89. The van der Waals surface area contributed by atoms with E-state index in [0.717, 1.165) is 16.9 Å². The Labute approximate surface area is 161 Å². The van der Waals surface area contributed by atoms with Gasteiger partial charge in [0.25, 0.3) is 0 Å². The van der Waals surface area contributed by atoms with Crippen LogP contribution in [0.25, 0.3) is 5.82 Å². The van der Waals surface area contributed by atoms with E-state index in [4.69, 9.17) is 23.2 Å². The molecule has 134 valence electrons. The Hall–Kier alpha value is -2.57. The van der Waals surface area contributed by atoms with E-state index in [0.29, 0.717) is 23.1 Å². The molecule has 0 spiro atoms. The summed E-state index contributed by atoms with van der Waals surface area (Å²) in [5, 5.41) is 3.80. The fraction of sp³-hybridized carbons (Fsp3) is 0.167. The van der Waals surface area contributed by atoms with Gasteiger partial charge in [-0.25, -0.2) is 14.8 Å². The molecule has 0 aliphatic rings. The Morgan fingerprint density at radius 1 is 1.27 bits per heavy atom. The molecule has 0 saturated carbocycles. The number of imidazole rings is 1. The van der Waals surface area contributed by atoms with Gasteiger partial charge in [-0.1, -0.05) is 41.4 Å². The molecule has 2 heterocycles. The van der Waals surface area contributed by atoms with Crippen LogP contribution in [0.4, 0.5) is 4.79 Å². The van der Waals surface area contributed by atoms with Crippen LogP contribution in [0, 0.1) is 0 Å². The number of carbonyl (C=O) groups is 1. The van der Waals surface area contributed by atoms with Crippen LogP contribution in [0.3, 0.4) is 0 Å². The second-order valence-corrected chi connectivity index (χ2v) is 6.51. The Bertz CT molecular complexity index is 881. The standard InChI is InChI=1S/C18H17Cl2N5O/c1-24(11-14-3-2-4-15(19)17(14)20)18(26)23-10-13-5-6-16(22-9-13)25-8-7-21-12-25/h2-9,12H,10-11H2,1H3,(H,23,26). The molecule has 0 bridgehead atoms. The number of nitrogens with one attached hydrogen (secondary N) is 1. The maximum absolute atomic E-state index is 12.3. The molecule has 0 unspecified atom stereocenters. The first kappa shape index (κ1) is 18.2. The molecule has 2 aromatic heterocycles. The number of hydrogen-bond acceptors (Lipinski definition) is 3. The van der Waals surface area contributed by atoms with E-state index in [-0.39, 0.29) is 6.03 Å². The third kappa shape index (κ3) is 4.33. The van der Waals surface area contributed by atoms with Crippen molar-refractivity contribution in [3.63, 3.8) is 0 Å². The highest BCUT2D eigenvalue weighted by atomic mass is 35.5. The van der Waals surface area contributed by atoms with Crippen LogP contribution in [0.1, 0.15) is 11.1 Å². The smallest absolute Gasteiger partial charge is 0.317 e. The molecule has 8 heteroatoms. The van der Waals surface area contributed by atoms with Crippen molar-refractivity contribution in [3.05, 3.63) is 76.4 Å². The van der Waals surface area contributed by atoms with Crippen molar-refractivity contribution in [2.75, 3.05) is 7.05 Å². The van der Waals surface area contributed by atoms with Gasteiger partial charge in [0.15, 0.2) is 0 Å². The number of urea groups is 1. The Balaban J connectivity index is 1.55. The highest BCUT2D eigenvalue weighted by molar-refractivity contribution is 6.42. The maximum Gasteiger partial charge on any atom is 0.317 e. The third-order valence-corrected chi connectivity index (χ3v) is 4.67. The van der Waals surface area contributed by atoms with Crippen molar-refractivity contribution < 1.29 is 4.79 Å². The topological polar surface area (TPSA) is 63.1 Å². The van der Waals surface area contributed by atoms with Gasteiger partial charge >= 0.3 is 6.03 Å². The van der Waals surface area contributed by atoms with Crippen LogP contribution in [0.2, 0.25) is 10.0 Å². The predicted octanol–water partition coefficient (Wildman–Crippen LogP) is 3.92. The zero-order valence-corrected chi connectivity index (χ0v) is 15.6. The minimum absolute atomic E-state index is 0.209. The summed E-state index contributed by atoms with van der Waals surface area (Å²) in [6, 6.07) is 8.95. The molecule has 2 amide bonds. The summed E-state index contributed by atoms with van der Waals surface area (Å²) in [7, 11) is 1.70. The molecular weight excluding hydrogens is 373 g/mol. The van der Waals surface area contributed by atoms with Gasteiger partial charge < -0.3 is 10.2 Å². The average Bonchev–Trinajstić information content (AvgIpc) is 3.18. The molecule has 0 aliphatic heterocycles. The maximum atomic E-state index is 12.3. The fourth-order valence-corrected chi connectivity index (χ4v) is 2.76. The zero-order chi connectivity index (χ0) is 18.5. The summed E-state index contributed by atoms with van der Waals surface area (Å²) in [6.07, 6.45) is 6.92. The quantitative estimate of drug-likeness (QED) is 0.719. The second kappa shape index (κ2) is 8.21. The number of nitrogens with zero attached hydrogens (tertiary/aromatic N) is 4. The van der Waals surface area contributed by atoms with Crippen molar-refractivity contribution >= 4 is 29.2 Å². The van der Waals surface area contributed by atoms with E-state index in [2.05, 4.69) is 15.3 Å².